The van der Waals surface area contributed by atoms with E-state index in [0.29, 0.717) is 13.2 Å². The predicted octanol–water partition coefficient (Wildman–Crippen LogP) is 1.05. The SMILES string of the molecule is OCC1(NCC(O)COCc2ccco2)CCCC1. The van der Waals surface area contributed by atoms with Gasteiger partial charge in [0.1, 0.15) is 12.4 Å². The summed E-state index contributed by atoms with van der Waals surface area (Å²) in [4.78, 5) is 0. The smallest absolute Gasteiger partial charge is 0.129 e. The topological polar surface area (TPSA) is 74.9 Å². The summed E-state index contributed by atoms with van der Waals surface area (Å²) in [7, 11) is 0. The van der Waals surface area contributed by atoms with Gasteiger partial charge in [0.2, 0.25) is 0 Å². The van der Waals surface area contributed by atoms with Gasteiger partial charge in [0.25, 0.3) is 0 Å². The molecule has 5 nitrogen and oxygen atoms in total. The van der Waals surface area contributed by atoms with Gasteiger partial charge in [-0.05, 0) is 25.0 Å². The number of aliphatic hydroxyl groups excluding tert-OH is 2. The van der Waals surface area contributed by atoms with E-state index in [0.717, 1.165) is 31.4 Å². The van der Waals surface area contributed by atoms with Crippen molar-refractivity contribution >= 4 is 0 Å². The van der Waals surface area contributed by atoms with Crippen molar-refractivity contribution in [3.8, 4) is 0 Å². The number of nitrogens with one attached hydrogen (secondary N) is 1. The second-order valence-electron chi connectivity index (χ2n) is 5.27. The maximum atomic E-state index is 9.85. The van der Waals surface area contributed by atoms with Gasteiger partial charge < -0.3 is 24.7 Å². The summed E-state index contributed by atoms with van der Waals surface area (Å²) in [6.07, 6.45) is 5.26. The van der Waals surface area contributed by atoms with E-state index in [1.54, 1.807) is 6.26 Å². The third-order valence-electron chi connectivity index (χ3n) is 3.71. The highest BCUT2D eigenvalue weighted by atomic mass is 16.5. The lowest BCUT2D eigenvalue weighted by Gasteiger charge is -2.29. The van der Waals surface area contributed by atoms with E-state index in [9.17, 15) is 10.2 Å². The van der Waals surface area contributed by atoms with Crippen molar-refractivity contribution in [3.05, 3.63) is 24.2 Å². The number of furan rings is 1. The van der Waals surface area contributed by atoms with Crippen LogP contribution in [0.25, 0.3) is 0 Å². The Morgan fingerprint density at radius 2 is 2.21 bits per heavy atom. The summed E-state index contributed by atoms with van der Waals surface area (Å²) in [5.74, 6) is 0.753. The first-order valence-electron chi connectivity index (χ1n) is 6.88. The maximum absolute atomic E-state index is 9.85. The first-order chi connectivity index (χ1) is 9.24. The average molecular weight is 269 g/mol. The van der Waals surface area contributed by atoms with Crippen LogP contribution in [0.4, 0.5) is 0 Å². The van der Waals surface area contributed by atoms with Gasteiger partial charge in [-0.3, -0.25) is 0 Å². The highest BCUT2D eigenvalue weighted by Gasteiger charge is 2.32. The van der Waals surface area contributed by atoms with Crippen molar-refractivity contribution in [2.75, 3.05) is 19.8 Å². The average Bonchev–Trinajstić information content (AvgIpc) is 3.08. The van der Waals surface area contributed by atoms with E-state index < -0.39 is 6.10 Å². The van der Waals surface area contributed by atoms with Crippen molar-refractivity contribution < 1.29 is 19.4 Å². The first kappa shape index (κ1) is 14.5. The van der Waals surface area contributed by atoms with E-state index in [1.165, 1.54) is 0 Å². The second kappa shape index (κ2) is 7.05. The lowest BCUT2D eigenvalue weighted by atomic mass is 9.99. The monoisotopic (exact) mass is 269 g/mol. The van der Waals surface area contributed by atoms with Gasteiger partial charge in [-0.25, -0.2) is 0 Å². The van der Waals surface area contributed by atoms with Gasteiger partial charge in [0.15, 0.2) is 0 Å². The Balaban J connectivity index is 1.62. The van der Waals surface area contributed by atoms with Crippen LogP contribution in [0.1, 0.15) is 31.4 Å². The van der Waals surface area contributed by atoms with Crippen molar-refractivity contribution in [1.82, 2.24) is 5.32 Å². The van der Waals surface area contributed by atoms with Crippen LogP contribution in [0.3, 0.4) is 0 Å². The molecule has 1 aliphatic rings. The molecule has 3 N–H and O–H groups in total. The minimum Gasteiger partial charge on any atom is -0.467 e. The Kier molecular flexibility index (Phi) is 5.39. The third kappa shape index (κ3) is 4.31. The normalized spacial score (nSPS) is 19.7. The standard InChI is InChI=1S/C14H23NO4/c16-11-14(5-1-2-6-14)15-8-12(17)9-18-10-13-4-3-7-19-13/h3-4,7,12,15-17H,1-2,5-6,8-11H2. The lowest BCUT2D eigenvalue weighted by molar-refractivity contribution is 0.0166. The molecule has 5 heteroatoms. The summed E-state index contributed by atoms with van der Waals surface area (Å²) in [5, 5.41) is 22.6. The minimum absolute atomic E-state index is 0.132. The van der Waals surface area contributed by atoms with Gasteiger partial charge in [-0.1, -0.05) is 12.8 Å². The van der Waals surface area contributed by atoms with Gasteiger partial charge in [-0.2, -0.15) is 0 Å². The summed E-state index contributed by atoms with van der Waals surface area (Å²) >= 11 is 0. The number of hydrogen-bond donors (Lipinski definition) is 3. The summed E-state index contributed by atoms with van der Waals surface area (Å²) in [5.41, 5.74) is -0.192. The van der Waals surface area contributed by atoms with E-state index in [-0.39, 0.29) is 18.8 Å². The number of ether oxygens (including phenoxy) is 1. The van der Waals surface area contributed by atoms with Crippen LogP contribution in [0.5, 0.6) is 0 Å². The van der Waals surface area contributed by atoms with E-state index >= 15 is 0 Å². The highest BCUT2D eigenvalue weighted by molar-refractivity contribution is 4.96. The van der Waals surface area contributed by atoms with Gasteiger partial charge in [0, 0.05) is 12.1 Å². The van der Waals surface area contributed by atoms with Crippen LogP contribution in [-0.4, -0.2) is 41.6 Å². The van der Waals surface area contributed by atoms with Gasteiger partial charge in [0.05, 0.1) is 25.6 Å². The Labute approximate surface area is 113 Å². The summed E-state index contributed by atoms with van der Waals surface area (Å²) in [6, 6.07) is 3.64. The van der Waals surface area contributed by atoms with Crippen LogP contribution in [0.2, 0.25) is 0 Å². The zero-order chi connectivity index (χ0) is 13.6. The Bertz CT molecular complexity index is 346. The molecular formula is C14H23NO4. The number of β-amino-alcohol motifs (C(OH)–C–C–N with tert-alkyl or cyclic N) is 1. The fraction of sp³-hybridized carbons (Fsp3) is 0.714. The van der Waals surface area contributed by atoms with Crippen LogP contribution < -0.4 is 5.32 Å². The van der Waals surface area contributed by atoms with Crippen LogP contribution in [0, 0.1) is 0 Å². The zero-order valence-corrected chi connectivity index (χ0v) is 11.2. The molecule has 1 unspecified atom stereocenters. The largest absolute Gasteiger partial charge is 0.467 e. The first-order valence-corrected chi connectivity index (χ1v) is 6.88. The molecule has 0 amide bonds. The van der Waals surface area contributed by atoms with Crippen LogP contribution >= 0.6 is 0 Å². The zero-order valence-electron chi connectivity index (χ0n) is 11.2. The Hall–Kier alpha value is -0.880. The maximum Gasteiger partial charge on any atom is 0.129 e. The predicted molar refractivity (Wildman–Crippen MR) is 70.7 cm³/mol. The molecule has 0 bridgehead atoms. The van der Waals surface area contributed by atoms with Crippen molar-refractivity contribution in [3.63, 3.8) is 0 Å². The number of hydrogen-bond acceptors (Lipinski definition) is 5. The fourth-order valence-corrected chi connectivity index (χ4v) is 2.53. The quantitative estimate of drug-likeness (QED) is 0.658. The third-order valence-corrected chi connectivity index (χ3v) is 3.71. The molecule has 0 saturated heterocycles. The Morgan fingerprint density at radius 3 is 2.84 bits per heavy atom. The molecule has 19 heavy (non-hydrogen) atoms. The minimum atomic E-state index is -0.570. The van der Waals surface area contributed by atoms with Gasteiger partial charge in [-0.15, -0.1) is 0 Å². The molecular weight excluding hydrogens is 246 g/mol. The van der Waals surface area contributed by atoms with Crippen molar-refractivity contribution in [1.29, 1.82) is 0 Å². The van der Waals surface area contributed by atoms with Gasteiger partial charge >= 0.3 is 0 Å². The van der Waals surface area contributed by atoms with Crippen molar-refractivity contribution in [2.45, 2.75) is 43.9 Å². The molecule has 1 atom stereocenters. The molecule has 1 aromatic rings. The number of rotatable bonds is 8. The molecule has 0 aromatic carbocycles. The summed E-state index contributed by atoms with van der Waals surface area (Å²) < 4.78 is 10.5. The number of aliphatic hydroxyl groups is 2. The fourth-order valence-electron chi connectivity index (χ4n) is 2.53. The molecule has 108 valence electrons. The van der Waals surface area contributed by atoms with E-state index in [4.69, 9.17) is 9.15 Å². The van der Waals surface area contributed by atoms with Crippen LogP contribution in [-0.2, 0) is 11.3 Å². The molecule has 0 radical (unpaired) electrons. The molecule has 0 spiro atoms. The van der Waals surface area contributed by atoms with E-state index in [1.807, 2.05) is 12.1 Å². The molecule has 0 aliphatic heterocycles. The molecule has 1 saturated carbocycles. The highest BCUT2D eigenvalue weighted by Crippen LogP contribution is 2.28. The lowest BCUT2D eigenvalue weighted by Crippen LogP contribution is -2.49. The molecule has 1 heterocycles. The Morgan fingerprint density at radius 1 is 1.42 bits per heavy atom. The molecule has 1 aliphatic carbocycles. The molecule has 1 aromatic heterocycles. The second-order valence-corrected chi connectivity index (χ2v) is 5.27. The van der Waals surface area contributed by atoms with Crippen molar-refractivity contribution in [2.24, 2.45) is 0 Å². The molecule has 2 rings (SSSR count). The van der Waals surface area contributed by atoms with Crippen LogP contribution in [0.15, 0.2) is 22.8 Å². The molecule has 1 fully saturated rings. The summed E-state index contributed by atoms with van der Waals surface area (Å²) in [6.45, 7) is 1.20. The van der Waals surface area contributed by atoms with E-state index in [2.05, 4.69) is 5.32 Å².